The van der Waals surface area contributed by atoms with E-state index in [-0.39, 0.29) is 12.0 Å². The minimum Gasteiger partial charge on any atom is -0.453 e. The fourth-order valence-corrected chi connectivity index (χ4v) is 6.10. The summed E-state index contributed by atoms with van der Waals surface area (Å²) in [6, 6.07) is 8.22. The number of likely N-dealkylation sites (N-methyl/N-ethyl adjacent to an activating group) is 1. The minimum atomic E-state index is -0.456. The predicted octanol–water partition coefficient (Wildman–Crippen LogP) is 4.90. The number of nitrogens with one attached hydrogen (secondary N) is 3. The van der Waals surface area contributed by atoms with Crippen molar-refractivity contribution in [2.45, 2.75) is 63.5 Å². The Morgan fingerprint density at radius 2 is 2.03 bits per heavy atom. The molecule has 3 atom stereocenters. The molecule has 36 heavy (non-hydrogen) atoms. The number of nitrogens with zero attached hydrogens (tertiary/aromatic N) is 1. The number of hydrogen-bond acceptors (Lipinski definition) is 5. The number of alkyl carbamates (subject to hydrolysis) is 1. The molecule has 0 bridgehead atoms. The summed E-state index contributed by atoms with van der Waals surface area (Å²) in [5.41, 5.74) is 1.05. The van der Waals surface area contributed by atoms with Crippen molar-refractivity contribution in [2.75, 3.05) is 46.9 Å². The highest BCUT2D eigenvalue weighted by atomic mass is 35.5. The first-order chi connectivity index (χ1) is 17.5. The molecular formula is C27H43ClN4O3S. The molecule has 3 N–H and O–H groups in total. The maximum Gasteiger partial charge on any atom is 0.406 e. The van der Waals surface area contributed by atoms with Gasteiger partial charge in [-0.1, -0.05) is 55.8 Å². The number of benzene rings is 1. The topological polar surface area (TPSA) is 74.9 Å². The van der Waals surface area contributed by atoms with E-state index < -0.39 is 6.09 Å². The number of carbonyl (C=O) groups excluding carboxylic acids is 1. The summed E-state index contributed by atoms with van der Waals surface area (Å²) in [6.45, 7) is 3.45. The number of ether oxygens (including phenoxy) is 2. The summed E-state index contributed by atoms with van der Waals surface area (Å²) in [5, 5.41) is 11.3. The second kappa shape index (κ2) is 15.6. The van der Waals surface area contributed by atoms with Crippen LogP contribution in [-0.4, -0.2) is 69.1 Å². The molecule has 0 aromatic heterocycles. The Hall–Kier alpha value is -1.61. The molecule has 1 aromatic carbocycles. The first-order valence-electron chi connectivity index (χ1n) is 13.4. The average molecular weight is 539 g/mol. The number of rotatable bonds is 11. The van der Waals surface area contributed by atoms with Crippen LogP contribution in [-0.2, 0) is 9.47 Å². The zero-order chi connectivity index (χ0) is 25.8. The van der Waals surface area contributed by atoms with Gasteiger partial charge in [0.15, 0.2) is 5.11 Å². The van der Waals surface area contributed by atoms with Crippen molar-refractivity contribution in [2.24, 2.45) is 11.8 Å². The van der Waals surface area contributed by atoms with E-state index in [4.69, 9.17) is 28.6 Å². The molecule has 0 unspecified atom stereocenters. The van der Waals surface area contributed by atoms with Gasteiger partial charge in [0.2, 0.25) is 0 Å². The Bertz CT molecular complexity index is 824. The lowest BCUT2D eigenvalue weighted by Crippen LogP contribution is -2.51. The minimum absolute atomic E-state index is 0.135. The molecule has 202 valence electrons. The van der Waals surface area contributed by atoms with E-state index in [1.807, 2.05) is 25.2 Å². The SMILES string of the molecule is CNC[C@H](CC1CCCCC1)NC(=S)N1CCC[C@@H]([C@@H](OCCNC(=O)OC)c2cccc(Cl)c2)C1. The molecule has 1 aliphatic heterocycles. The third-order valence-corrected chi connectivity index (χ3v) is 7.94. The van der Waals surface area contributed by atoms with Crippen molar-refractivity contribution in [3.05, 3.63) is 34.9 Å². The van der Waals surface area contributed by atoms with Crippen LogP contribution in [0.1, 0.15) is 63.0 Å². The number of amides is 1. The first kappa shape index (κ1) is 29.0. The molecule has 3 rings (SSSR count). The maximum atomic E-state index is 11.4. The fourth-order valence-electron chi connectivity index (χ4n) is 5.57. The van der Waals surface area contributed by atoms with Gasteiger partial charge in [-0.25, -0.2) is 4.79 Å². The highest BCUT2D eigenvalue weighted by molar-refractivity contribution is 7.80. The molecule has 7 nitrogen and oxygen atoms in total. The lowest BCUT2D eigenvalue weighted by atomic mass is 9.85. The van der Waals surface area contributed by atoms with E-state index in [0.29, 0.717) is 24.2 Å². The molecule has 1 saturated heterocycles. The Kier molecular flexibility index (Phi) is 12.5. The summed E-state index contributed by atoms with van der Waals surface area (Å²) in [4.78, 5) is 13.7. The van der Waals surface area contributed by atoms with Crippen LogP contribution in [0.3, 0.4) is 0 Å². The third-order valence-electron chi connectivity index (χ3n) is 7.33. The van der Waals surface area contributed by atoms with Gasteiger partial charge < -0.3 is 30.3 Å². The van der Waals surface area contributed by atoms with Crippen LogP contribution in [0, 0.1) is 11.8 Å². The van der Waals surface area contributed by atoms with Crippen molar-refractivity contribution in [3.8, 4) is 0 Å². The van der Waals surface area contributed by atoms with E-state index in [1.165, 1.54) is 45.6 Å². The van der Waals surface area contributed by atoms with Crippen molar-refractivity contribution in [1.29, 1.82) is 0 Å². The van der Waals surface area contributed by atoms with E-state index in [2.05, 4.69) is 31.7 Å². The lowest BCUT2D eigenvalue weighted by Gasteiger charge is -2.39. The second-order valence-electron chi connectivity index (χ2n) is 10.1. The molecule has 2 fully saturated rings. The van der Waals surface area contributed by atoms with Crippen LogP contribution in [0.5, 0.6) is 0 Å². The highest BCUT2D eigenvalue weighted by Crippen LogP contribution is 2.34. The van der Waals surface area contributed by atoms with Gasteiger partial charge in [0.25, 0.3) is 0 Å². The summed E-state index contributed by atoms with van der Waals surface area (Å²) in [5.74, 6) is 1.05. The smallest absolute Gasteiger partial charge is 0.406 e. The summed E-state index contributed by atoms with van der Waals surface area (Å²) < 4.78 is 11.0. The Morgan fingerprint density at radius 1 is 1.22 bits per heavy atom. The summed E-state index contributed by atoms with van der Waals surface area (Å²) in [7, 11) is 3.37. The van der Waals surface area contributed by atoms with Gasteiger partial charge in [0.05, 0.1) is 19.8 Å². The van der Waals surface area contributed by atoms with Crippen LogP contribution in [0.25, 0.3) is 0 Å². The van der Waals surface area contributed by atoms with E-state index in [0.717, 1.165) is 49.1 Å². The van der Waals surface area contributed by atoms with Crippen molar-refractivity contribution >= 4 is 35.0 Å². The Labute approximate surface area is 227 Å². The molecule has 0 radical (unpaired) electrons. The van der Waals surface area contributed by atoms with Crippen LogP contribution < -0.4 is 16.0 Å². The van der Waals surface area contributed by atoms with E-state index >= 15 is 0 Å². The number of carbonyl (C=O) groups is 1. The van der Waals surface area contributed by atoms with Gasteiger partial charge in [0, 0.05) is 43.2 Å². The molecule has 1 heterocycles. The number of likely N-dealkylation sites (tertiary alicyclic amines) is 1. The van der Waals surface area contributed by atoms with E-state index in [1.54, 1.807) is 0 Å². The van der Waals surface area contributed by atoms with E-state index in [9.17, 15) is 4.79 Å². The normalized spacial score (nSPS) is 20.4. The van der Waals surface area contributed by atoms with Gasteiger partial charge in [-0.3, -0.25) is 0 Å². The predicted molar refractivity (Wildman–Crippen MR) is 149 cm³/mol. The number of hydrogen-bond donors (Lipinski definition) is 3. The molecule has 2 aliphatic rings. The lowest BCUT2D eigenvalue weighted by molar-refractivity contribution is -0.00558. The number of halogens is 1. The molecule has 1 amide bonds. The first-order valence-corrected chi connectivity index (χ1v) is 14.2. The average Bonchev–Trinajstić information content (AvgIpc) is 2.89. The van der Waals surface area contributed by atoms with Gasteiger partial charge in [-0.05, 0) is 62.1 Å². The molecular weight excluding hydrogens is 496 g/mol. The zero-order valence-electron chi connectivity index (χ0n) is 21.8. The largest absolute Gasteiger partial charge is 0.453 e. The Morgan fingerprint density at radius 3 is 2.75 bits per heavy atom. The standard InChI is InChI=1S/C27H43ClN4O3S/c1-29-18-24(16-20-8-4-3-5-9-20)31-26(36)32-14-7-11-22(19-32)25(21-10-6-12-23(28)17-21)35-15-13-30-27(33)34-2/h6,10,12,17,20,22,24-25,29H,3-5,7-9,11,13-16,18-19H2,1-2H3,(H,30,33)(H,31,36)/t22-,24+,25+/m1/s1. The van der Waals surface area contributed by atoms with Gasteiger partial charge in [0.1, 0.15) is 0 Å². The van der Waals surface area contributed by atoms with Crippen LogP contribution >= 0.6 is 23.8 Å². The van der Waals surface area contributed by atoms with Crippen LogP contribution in [0.4, 0.5) is 4.79 Å². The fraction of sp³-hybridized carbons (Fsp3) is 0.704. The van der Waals surface area contributed by atoms with Crippen molar-refractivity contribution < 1.29 is 14.3 Å². The highest BCUT2D eigenvalue weighted by Gasteiger charge is 2.31. The molecule has 0 spiro atoms. The number of methoxy groups -OCH3 is 1. The number of piperidine rings is 1. The number of thiocarbonyl (C=S) groups is 1. The van der Waals surface area contributed by atoms with Crippen LogP contribution in [0.2, 0.25) is 5.02 Å². The van der Waals surface area contributed by atoms with Gasteiger partial charge >= 0.3 is 6.09 Å². The molecule has 1 saturated carbocycles. The molecule has 9 heteroatoms. The van der Waals surface area contributed by atoms with Gasteiger partial charge in [-0.2, -0.15) is 0 Å². The van der Waals surface area contributed by atoms with Gasteiger partial charge in [-0.15, -0.1) is 0 Å². The molecule has 1 aliphatic carbocycles. The zero-order valence-corrected chi connectivity index (χ0v) is 23.3. The second-order valence-corrected chi connectivity index (χ2v) is 10.9. The van der Waals surface area contributed by atoms with Crippen molar-refractivity contribution in [3.63, 3.8) is 0 Å². The van der Waals surface area contributed by atoms with Crippen molar-refractivity contribution in [1.82, 2.24) is 20.9 Å². The Balaban J connectivity index is 1.62. The summed E-state index contributed by atoms with van der Waals surface area (Å²) >= 11 is 12.2. The molecule has 1 aromatic rings. The quantitative estimate of drug-likeness (QED) is 0.273. The monoisotopic (exact) mass is 538 g/mol. The summed E-state index contributed by atoms with van der Waals surface area (Å²) in [6.07, 6.45) is 9.43. The maximum absolute atomic E-state index is 11.4. The third kappa shape index (κ3) is 9.36. The van der Waals surface area contributed by atoms with Crippen LogP contribution in [0.15, 0.2) is 24.3 Å².